The maximum absolute atomic E-state index is 13.6. The van der Waals surface area contributed by atoms with Gasteiger partial charge in [-0.05, 0) is 88.4 Å². The van der Waals surface area contributed by atoms with Crippen LogP contribution in [0.4, 0.5) is 24.5 Å². The van der Waals surface area contributed by atoms with Crippen molar-refractivity contribution in [1.82, 2.24) is 10.3 Å². The maximum Gasteiger partial charge on any atom is 0.419 e. The van der Waals surface area contributed by atoms with Crippen LogP contribution >= 0.6 is 12.6 Å². The van der Waals surface area contributed by atoms with E-state index in [0.29, 0.717) is 24.6 Å². The molecule has 204 valence electrons. The molecular formula is C27H32F3N5O2S. The van der Waals surface area contributed by atoms with Gasteiger partial charge in [0.2, 0.25) is 0 Å². The molecule has 2 aliphatic heterocycles. The second-order valence-electron chi connectivity index (χ2n) is 10.1. The van der Waals surface area contributed by atoms with Crippen LogP contribution < -0.4 is 19.9 Å². The number of benzene rings is 1. The third-order valence-corrected chi connectivity index (χ3v) is 7.78. The number of thiol groups is 1. The second-order valence-corrected chi connectivity index (χ2v) is 10.6. The number of rotatable bonds is 7. The maximum atomic E-state index is 13.6. The highest BCUT2D eigenvalue weighted by Crippen LogP contribution is 2.42. The summed E-state index contributed by atoms with van der Waals surface area (Å²) >= 11 is 4.66. The van der Waals surface area contributed by atoms with Crippen molar-refractivity contribution in [2.45, 2.75) is 63.7 Å². The molecule has 4 rings (SSSR count). The van der Waals surface area contributed by atoms with Gasteiger partial charge in [0, 0.05) is 5.69 Å². The minimum absolute atomic E-state index is 0.0783. The molecule has 2 aliphatic rings. The average molecular weight is 548 g/mol. The Hall–Kier alpha value is -2.97. The number of piperidine rings is 1. The van der Waals surface area contributed by atoms with Crippen LogP contribution in [0.25, 0.3) is 0 Å². The van der Waals surface area contributed by atoms with Crippen LogP contribution in [0.3, 0.4) is 0 Å². The molecule has 2 saturated heterocycles. The van der Waals surface area contributed by atoms with Gasteiger partial charge in [-0.15, -0.1) is 12.6 Å². The third kappa shape index (κ3) is 5.43. The Morgan fingerprint density at radius 3 is 2.58 bits per heavy atom. The molecule has 1 amide bonds. The quantitative estimate of drug-likeness (QED) is 0.467. The molecule has 1 aromatic carbocycles. The Labute approximate surface area is 226 Å². The van der Waals surface area contributed by atoms with Gasteiger partial charge in [0.25, 0.3) is 5.91 Å². The highest BCUT2D eigenvalue weighted by atomic mass is 32.1. The number of alkyl halides is 3. The number of carbonyl (C=O) groups excluding carboxylic acids is 1. The number of anilines is 2. The highest BCUT2D eigenvalue weighted by molar-refractivity contribution is 7.81. The predicted molar refractivity (Wildman–Crippen MR) is 142 cm³/mol. The van der Waals surface area contributed by atoms with E-state index in [9.17, 15) is 18.0 Å². The van der Waals surface area contributed by atoms with Crippen molar-refractivity contribution < 1.29 is 22.7 Å². The predicted octanol–water partition coefficient (Wildman–Crippen LogP) is 5.15. The molecule has 1 unspecified atom stereocenters. The molecule has 0 spiro atoms. The van der Waals surface area contributed by atoms with Gasteiger partial charge in [-0.2, -0.15) is 18.4 Å². The fraction of sp³-hybridized carbons (Fsp3) is 0.519. The lowest BCUT2D eigenvalue weighted by Gasteiger charge is -2.34. The molecule has 0 bridgehead atoms. The summed E-state index contributed by atoms with van der Waals surface area (Å²) < 4.78 is 46.8. The fourth-order valence-corrected chi connectivity index (χ4v) is 5.80. The molecule has 1 atom stereocenters. The zero-order chi connectivity index (χ0) is 27.7. The van der Waals surface area contributed by atoms with Crippen LogP contribution in [0.1, 0.15) is 56.9 Å². The van der Waals surface area contributed by atoms with Crippen molar-refractivity contribution in [3.05, 3.63) is 47.3 Å². The number of hydrogen-bond donors (Lipinski definition) is 2. The normalized spacial score (nSPS) is 20.1. The van der Waals surface area contributed by atoms with Gasteiger partial charge in [0.15, 0.2) is 11.2 Å². The van der Waals surface area contributed by atoms with E-state index >= 15 is 0 Å². The first-order valence-corrected chi connectivity index (χ1v) is 13.3. The first-order chi connectivity index (χ1) is 18.0. The standard InChI is InChI=1S/C27H32F3N5O2S/c1-4-18-13-19(5-6-23(18)37-12-9-17-7-10-32-11-8-17)35-25(38)34(24(36)26(35,2)3)20-14-21(27(28,29)30)22(15-31)33-16-20/h5-6,13-14,16-17,25,32,38H,4,7-12H2,1-3H3. The van der Waals surface area contributed by atoms with E-state index in [0.717, 1.165) is 55.9 Å². The van der Waals surface area contributed by atoms with Crippen LogP contribution in [0.15, 0.2) is 30.5 Å². The zero-order valence-corrected chi connectivity index (χ0v) is 22.6. The van der Waals surface area contributed by atoms with E-state index in [1.54, 1.807) is 18.7 Å². The van der Waals surface area contributed by atoms with Gasteiger partial charge in [0.1, 0.15) is 17.4 Å². The molecule has 0 aliphatic carbocycles. The lowest BCUT2D eigenvalue weighted by Crippen LogP contribution is -2.45. The molecular weight excluding hydrogens is 515 g/mol. The molecule has 1 N–H and O–H groups in total. The Morgan fingerprint density at radius 2 is 1.95 bits per heavy atom. The summed E-state index contributed by atoms with van der Waals surface area (Å²) in [6.45, 7) is 8.14. The summed E-state index contributed by atoms with van der Waals surface area (Å²) in [5.74, 6) is 1.01. The van der Waals surface area contributed by atoms with E-state index in [-0.39, 0.29) is 5.69 Å². The molecule has 7 nitrogen and oxygen atoms in total. The van der Waals surface area contributed by atoms with E-state index in [2.05, 4.69) is 22.9 Å². The van der Waals surface area contributed by atoms with Gasteiger partial charge in [0.05, 0.1) is 24.1 Å². The Kier molecular flexibility index (Phi) is 8.14. The number of nitriles is 1. The number of amides is 1. The molecule has 2 fully saturated rings. The molecule has 3 heterocycles. The van der Waals surface area contributed by atoms with Gasteiger partial charge in [-0.25, -0.2) is 4.98 Å². The number of hydrogen-bond acceptors (Lipinski definition) is 7. The average Bonchev–Trinajstić information content (AvgIpc) is 3.07. The van der Waals surface area contributed by atoms with Crippen molar-refractivity contribution in [2.75, 3.05) is 29.5 Å². The first-order valence-electron chi connectivity index (χ1n) is 12.7. The number of carbonyl (C=O) groups is 1. The Balaban J connectivity index is 1.59. The number of nitrogens with one attached hydrogen (secondary N) is 1. The number of ether oxygens (including phenoxy) is 1. The fourth-order valence-electron chi connectivity index (χ4n) is 5.14. The summed E-state index contributed by atoms with van der Waals surface area (Å²) in [6, 6.07) is 7.92. The molecule has 0 saturated carbocycles. The second kappa shape index (κ2) is 11.0. The van der Waals surface area contributed by atoms with Gasteiger partial charge in [-0.3, -0.25) is 9.69 Å². The van der Waals surface area contributed by atoms with Gasteiger partial charge >= 0.3 is 6.18 Å². The minimum atomic E-state index is -4.79. The summed E-state index contributed by atoms with van der Waals surface area (Å²) in [5.41, 5.74) is -2.36. The molecule has 0 radical (unpaired) electrons. The van der Waals surface area contributed by atoms with E-state index in [1.807, 2.05) is 25.1 Å². The van der Waals surface area contributed by atoms with E-state index < -0.39 is 34.4 Å². The van der Waals surface area contributed by atoms with Gasteiger partial charge < -0.3 is 15.0 Å². The number of aromatic nitrogens is 1. The van der Waals surface area contributed by atoms with Crippen LogP contribution in [-0.2, 0) is 17.4 Å². The zero-order valence-electron chi connectivity index (χ0n) is 21.7. The summed E-state index contributed by atoms with van der Waals surface area (Å²) in [7, 11) is 0. The smallest absolute Gasteiger partial charge is 0.419 e. The van der Waals surface area contributed by atoms with Gasteiger partial charge in [-0.1, -0.05) is 6.92 Å². The topological polar surface area (TPSA) is 81.5 Å². The minimum Gasteiger partial charge on any atom is -0.493 e. The summed E-state index contributed by atoms with van der Waals surface area (Å²) in [4.78, 5) is 20.1. The molecule has 11 heteroatoms. The van der Waals surface area contributed by atoms with Crippen molar-refractivity contribution in [2.24, 2.45) is 5.92 Å². The van der Waals surface area contributed by atoms with Crippen molar-refractivity contribution in [3.63, 3.8) is 0 Å². The van der Waals surface area contributed by atoms with Crippen LogP contribution in [0.2, 0.25) is 0 Å². The number of nitrogens with zero attached hydrogens (tertiary/aromatic N) is 4. The van der Waals surface area contributed by atoms with Crippen molar-refractivity contribution >= 4 is 29.9 Å². The van der Waals surface area contributed by atoms with Crippen LogP contribution in [0, 0.1) is 17.2 Å². The largest absolute Gasteiger partial charge is 0.493 e. The monoisotopic (exact) mass is 547 g/mol. The first kappa shape index (κ1) is 28.0. The summed E-state index contributed by atoms with van der Waals surface area (Å²) in [6.07, 6.45) is 0.309. The SMILES string of the molecule is CCc1cc(N2C(S)N(c3cnc(C#N)c(C(F)(F)F)c3)C(=O)C2(C)C)ccc1OCCC1CCNCC1. The summed E-state index contributed by atoms with van der Waals surface area (Å²) in [5, 5.41) is 12.4. The molecule has 38 heavy (non-hydrogen) atoms. The number of pyridine rings is 1. The molecule has 2 aromatic rings. The van der Waals surface area contributed by atoms with Crippen molar-refractivity contribution in [3.8, 4) is 11.8 Å². The van der Waals surface area contributed by atoms with E-state index in [1.165, 1.54) is 11.0 Å². The lowest BCUT2D eigenvalue weighted by molar-refractivity contribution is -0.138. The lowest BCUT2D eigenvalue weighted by atomic mass is 9.95. The number of aryl methyl sites for hydroxylation is 1. The number of halogens is 3. The van der Waals surface area contributed by atoms with E-state index in [4.69, 9.17) is 10.00 Å². The Bertz CT molecular complexity index is 1220. The third-order valence-electron chi connectivity index (χ3n) is 7.31. The Morgan fingerprint density at radius 1 is 1.24 bits per heavy atom. The highest BCUT2D eigenvalue weighted by Gasteiger charge is 2.52. The van der Waals surface area contributed by atoms with Crippen molar-refractivity contribution in [1.29, 1.82) is 5.26 Å². The molecule has 1 aromatic heterocycles. The van der Waals surface area contributed by atoms with Crippen LogP contribution in [-0.4, -0.2) is 41.6 Å². The van der Waals surface area contributed by atoms with Crippen LogP contribution in [0.5, 0.6) is 5.75 Å².